The molecule has 1 saturated heterocycles. The van der Waals surface area contributed by atoms with Crippen molar-refractivity contribution in [2.45, 2.75) is 31.1 Å². The van der Waals surface area contributed by atoms with E-state index in [1.165, 1.54) is 17.8 Å². The quantitative estimate of drug-likeness (QED) is 0.474. The summed E-state index contributed by atoms with van der Waals surface area (Å²) in [4.78, 5) is 17.7. The normalized spacial score (nSPS) is 17.8. The Kier molecular flexibility index (Phi) is 6.86. The predicted octanol–water partition coefficient (Wildman–Crippen LogP) is 5.42. The van der Waals surface area contributed by atoms with E-state index in [2.05, 4.69) is 64.7 Å². The number of nitrogens with zero attached hydrogens (tertiary/aromatic N) is 2. The summed E-state index contributed by atoms with van der Waals surface area (Å²) in [7, 11) is 2.07. The minimum atomic E-state index is -0.962. The highest BCUT2D eigenvalue weighted by Gasteiger charge is 2.23. The largest absolute Gasteiger partial charge is 0.493 e. The molecule has 7 heteroatoms. The van der Waals surface area contributed by atoms with E-state index in [0.29, 0.717) is 24.8 Å². The Morgan fingerprint density at radius 1 is 1.06 bits per heavy atom. The summed E-state index contributed by atoms with van der Waals surface area (Å²) in [6.07, 6.45) is 6.10. The van der Waals surface area contributed by atoms with E-state index in [9.17, 15) is 9.90 Å². The van der Waals surface area contributed by atoms with Gasteiger partial charge < -0.3 is 24.8 Å². The molecular formula is C28H31N3O4. The van der Waals surface area contributed by atoms with Gasteiger partial charge in [0, 0.05) is 56.4 Å². The van der Waals surface area contributed by atoms with Crippen LogP contribution in [0.3, 0.4) is 0 Å². The van der Waals surface area contributed by atoms with Crippen molar-refractivity contribution in [3.05, 3.63) is 77.6 Å². The van der Waals surface area contributed by atoms with Crippen molar-refractivity contribution in [2.24, 2.45) is 0 Å². The number of fused-ring (bicyclic) bond motifs is 1. The summed E-state index contributed by atoms with van der Waals surface area (Å²) in [5.74, 6) is 0.731. The maximum atomic E-state index is 11.5. The van der Waals surface area contributed by atoms with E-state index in [1.807, 2.05) is 0 Å². The average Bonchev–Trinajstić information content (AvgIpc) is 2.92. The fraction of sp³-hybridized carbons (Fsp3) is 0.357. The summed E-state index contributed by atoms with van der Waals surface area (Å²) in [5.41, 5.74) is 5.48. The fourth-order valence-corrected chi connectivity index (χ4v) is 4.98. The number of nitrogens with one attached hydrogen (secondary N) is 1. The number of benzene rings is 2. The van der Waals surface area contributed by atoms with Crippen molar-refractivity contribution in [1.29, 1.82) is 0 Å². The van der Waals surface area contributed by atoms with Crippen molar-refractivity contribution in [3.63, 3.8) is 0 Å². The van der Waals surface area contributed by atoms with E-state index in [0.717, 1.165) is 55.2 Å². The fourth-order valence-electron chi connectivity index (χ4n) is 4.98. The van der Waals surface area contributed by atoms with Gasteiger partial charge in [-0.05, 0) is 60.6 Å². The third-order valence-electron chi connectivity index (χ3n) is 7.11. The number of aromatic nitrogens is 1. The molecule has 0 aliphatic carbocycles. The van der Waals surface area contributed by atoms with E-state index < -0.39 is 5.97 Å². The molecule has 3 heterocycles. The number of rotatable bonds is 7. The van der Waals surface area contributed by atoms with Gasteiger partial charge in [-0.3, -0.25) is 4.98 Å². The highest BCUT2D eigenvalue weighted by atomic mass is 16.5. The molecule has 2 N–H and O–H groups in total. The Balaban J connectivity index is 1.29. The molecule has 1 aromatic heterocycles. The Bertz CT molecular complexity index is 1180. The highest BCUT2D eigenvalue weighted by molar-refractivity contribution is 5.93. The van der Waals surface area contributed by atoms with Crippen molar-refractivity contribution < 1.29 is 19.4 Å². The molecular weight excluding hydrogens is 442 g/mol. The van der Waals surface area contributed by atoms with Crippen molar-refractivity contribution in [1.82, 2.24) is 4.98 Å². The lowest BCUT2D eigenvalue weighted by Crippen LogP contribution is -2.22. The van der Waals surface area contributed by atoms with E-state index in [-0.39, 0.29) is 11.5 Å². The first kappa shape index (κ1) is 23.2. The van der Waals surface area contributed by atoms with Gasteiger partial charge in [0.05, 0.1) is 24.1 Å². The molecule has 0 radical (unpaired) electrons. The third kappa shape index (κ3) is 5.10. The van der Waals surface area contributed by atoms with Gasteiger partial charge in [-0.25, -0.2) is 4.79 Å². The number of ether oxygens (including phenoxy) is 2. The van der Waals surface area contributed by atoms with Crippen LogP contribution in [0, 0.1) is 0 Å². The van der Waals surface area contributed by atoms with Crippen LogP contribution in [-0.2, 0) is 4.74 Å². The van der Waals surface area contributed by atoms with E-state index in [4.69, 9.17) is 9.47 Å². The summed E-state index contributed by atoms with van der Waals surface area (Å²) in [5, 5.41) is 12.7. The average molecular weight is 474 g/mol. The van der Waals surface area contributed by atoms with Crippen LogP contribution in [0.2, 0.25) is 0 Å². The Labute approximate surface area is 205 Å². The zero-order chi connectivity index (χ0) is 24.2. The number of carboxylic acid groups (broad SMARTS) is 1. The van der Waals surface area contributed by atoms with Crippen LogP contribution in [0.25, 0.3) is 0 Å². The molecule has 2 aromatic carbocycles. The van der Waals surface area contributed by atoms with Crippen LogP contribution in [-0.4, -0.2) is 49.5 Å². The second kappa shape index (κ2) is 10.4. The van der Waals surface area contributed by atoms with Gasteiger partial charge in [-0.2, -0.15) is 0 Å². The predicted molar refractivity (Wildman–Crippen MR) is 136 cm³/mol. The van der Waals surface area contributed by atoms with Crippen LogP contribution in [0.5, 0.6) is 5.75 Å². The van der Waals surface area contributed by atoms with E-state index in [1.54, 1.807) is 6.20 Å². The molecule has 182 valence electrons. The summed E-state index contributed by atoms with van der Waals surface area (Å²) in [6, 6.07) is 16.7. The van der Waals surface area contributed by atoms with Gasteiger partial charge in [0.15, 0.2) is 0 Å². The first-order valence-electron chi connectivity index (χ1n) is 12.2. The summed E-state index contributed by atoms with van der Waals surface area (Å²) < 4.78 is 11.5. The molecule has 1 fully saturated rings. The van der Waals surface area contributed by atoms with Crippen LogP contribution in [0.1, 0.15) is 52.6 Å². The lowest BCUT2D eigenvalue weighted by atomic mass is 9.91. The molecule has 2 aliphatic heterocycles. The second-order valence-corrected chi connectivity index (χ2v) is 9.20. The molecule has 35 heavy (non-hydrogen) atoms. The van der Waals surface area contributed by atoms with Gasteiger partial charge >= 0.3 is 5.97 Å². The van der Waals surface area contributed by atoms with Crippen LogP contribution in [0.15, 0.2) is 60.9 Å². The number of hydrogen-bond acceptors (Lipinski definition) is 6. The molecule has 1 atom stereocenters. The lowest BCUT2D eigenvalue weighted by Gasteiger charge is -2.29. The molecule has 0 saturated carbocycles. The van der Waals surface area contributed by atoms with Crippen molar-refractivity contribution in [3.8, 4) is 5.75 Å². The molecule has 5 rings (SSSR count). The topological polar surface area (TPSA) is 83.9 Å². The van der Waals surface area contributed by atoms with Crippen LogP contribution >= 0.6 is 0 Å². The summed E-state index contributed by atoms with van der Waals surface area (Å²) >= 11 is 0. The molecule has 7 nitrogen and oxygen atoms in total. The Morgan fingerprint density at radius 2 is 1.83 bits per heavy atom. The van der Waals surface area contributed by atoms with Gasteiger partial charge in [0.1, 0.15) is 5.75 Å². The number of aromatic carboxylic acids is 1. The number of hydrogen-bond donors (Lipinski definition) is 2. The van der Waals surface area contributed by atoms with Gasteiger partial charge in [-0.15, -0.1) is 0 Å². The zero-order valence-corrected chi connectivity index (χ0v) is 19.9. The van der Waals surface area contributed by atoms with Crippen molar-refractivity contribution >= 4 is 23.0 Å². The van der Waals surface area contributed by atoms with Gasteiger partial charge in [0.25, 0.3) is 0 Å². The third-order valence-corrected chi connectivity index (χ3v) is 7.11. The second-order valence-electron chi connectivity index (χ2n) is 9.20. The zero-order valence-electron chi connectivity index (χ0n) is 19.9. The maximum absolute atomic E-state index is 11.5. The van der Waals surface area contributed by atoms with E-state index >= 15 is 0 Å². The smallest absolute Gasteiger partial charge is 0.337 e. The first-order chi connectivity index (χ1) is 17.1. The number of carboxylic acids is 1. The molecule has 0 unspecified atom stereocenters. The lowest BCUT2D eigenvalue weighted by molar-refractivity contribution is 0.0697. The molecule has 3 aromatic rings. The minimum Gasteiger partial charge on any atom is -0.493 e. The van der Waals surface area contributed by atoms with Crippen LogP contribution < -0.4 is 15.0 Å². The first-order valence-corrected chi connectivity index (χ1v) is 12.2. The summed E-state index contributed by atoms with van der Waals surface area (Å²) in [6.45, 7) is 2.94. The van der Waals surface area contributed by atoms with Gasteiger partial charge in [0.2, 0.25) is 0 Å². The Morgan fingerprint density at radius 3 is 2.60 bits per heavy atom. The standard InChI is InChI=1S/C28H31N3O4/c1-31(22-4-2-19(3-5-22)20-9-13-34-14-10-20)23-6-7-24-21(11-15-35-27(24)16-23)17-30-26-18-29-12-8-25(26)28(32)33/h2-8,12,16,18,20-21,30H,9-11,13-15,17H2,1H3,(H,32,33)/t21-/m0/s1. The molecule has 2 aliphatic rings. The number of carbonyl (C=O) groups is 1. The van der Waals surface area contributed by atoms with Gasteiger partial charge in [-0.1, -0.05) is 18.2 Å². The molecule has 0 amide bonds. The maximum Gasteiger partial charge on any atom is 0.337 e. The minimum absolute atomic E-state index is 0.221. The van der Waals surface area contributed by atoms with Crippen LogP contribution in [0.4, 0.5) is 17.1 Å². The molecule has 0 bridgehead atoms. The monoisotopic (exact) mass is 473 g/mol. The highest BCUT2D eigenvalue weighted by Crippen LogP contribution is 2.38. The SMILES string of the molecule is CN(c1ccc(C2CCOCC2)cc1)c1ccc2c(c1)OCC[C@H]2CNc1cnccc1C(=O)O. The number of anilines is 3. The Hall–Kier alpha value is -3.58. The number of pyridine rings is 1. The van der Waals surface area contributed by atoms with Crippen molar-refractivity contribution in [2.75, 3.05) is 43.6 Å². The molecule has 0 spiro atoms.